The fraction of sp³-hybridized carbons (Fsp3) is 0.545. The van der Waals surface area contributed by atoms with E-state index in [0.29, 0.717) is 18.7 Å². The van der Waals surface area contributed by atoms with Crippen molar-refractivity contribution in [1.29, 1.82) is 0 Å². The number of piperazine rings is 1. The normalized spacial score (nSPS) is 19.9. The van der Waals surface area contributed by atoms with Crippen molar-refractivity contribution in [2.75, 3.05) is 39.3 Å². The summed E-state index contributed by atoms with van der Waals surface area (Å²) in [5.74, 6) is -2.12. The van der Waals surface area contributed by atoms with Crippen LogP contribution in [0.3, 0.4) is 0 Å². The van der Waals surface area contributed by atoms with E-state index in [0.717, 1.165) is 16.0 Å². The van der Waals surface area contributed by atoms with E-state index >= 15 is 0 Å². The Labute approximate surface area is 198 Å². The topological polar surface area (TPSA) is 162 Å². The molecule has 0 aliphatic carbocycles. The Morgan fingerprint density at radius 2 is 2.03 bits per heavy atom. The van der Waals surface area contributed by atoms with E-state index in [1.807, 2.05) is 25.1 Å². The van der Waals surface area contributed by atoms with Crippen LogP contribution in [0.1, 0.15) is 24.5 Å². The molecule has 2 aliphatic rings. The van der Waals surface area contributed by atoms with Crippen LogP contribution in [0.4, 0.5) is 4.79 Å². The molecule has 12 heteroatoms. The number of carbonyl (C=O) groups excluding carboxylic acids is 4. The van der Waals surface area contributed by atoms with Crippen molar-refractivity contribution in [1.82, 2.24) is 15.1 Å². The maximum Gasteiger partial charge on any atom is 0.526 e. The van der Waals surface area contributed by atoms with Gasteiger partial charge in [0.2, 0.25) is 0 Å². The van der Waals surface area contributed by atoms with Crippen LogP contribution >= 0.6 is 0 Å². The summed E-state index contributed by atoms with van der Waals surface area (Å²) in [5.41, 5.74) is 6.07. The van der Waals surface area contributed by atoms with Crippen LogP contribution < -0.4 is 15.7 Å². The lowest BCUT2D eigenvalue weighted by Gasteiger charge is -2.35. The van der Waals surface area contributed by atoms with Crippen LogP contribution in [0.15, 0.2) is 18.2 Å². The third-order valence-corrected chi connectivity index (χ3v) is 6.66. The molecule has 1 unspecified atom stereocenters. The minimum absolute atomic E-state index is 0.0252. The van der Waals surface area contributed by atoms with Crippen LogP contribution in [-0.2, 0) is 20.8 Å². The summed E-state index contributed by atoms with van der Waals surface area (Å²) in [7, 11) is -1.21. The number of nitrogens with zero attached hydrogens (tertiary/aromatic N) is 2. The zero-order chi connectivity index (χ0) is 25.0. The number of benzene rings is 1. The molecular formula is C22H31BN4O7. The summed E-state index contributed by atoms with van der Waals surface area (Å²) in [5, 5.41) is 23.0. The maximum atomic E-state index is 13.2. The molecule has 0 aromatic heterocycles. The number of Topliss-reactive ketones (excluding diaryl/α,β-unsaturated/α-hetero) is 1. The Kier molecular flexibility index (Phi) is 7.95. The Morgan fingerprint density at radius 1 is 1.29 bits per heavy atom. The summed E-state index contributed by atoms with van der Waals surface area (Å²) < 4.78 is 5.63. The number of hydrogen-bond acceptors (Lipinski definition) is 8. The summed E-state index contributed by atoms with van der Waals surface area (Å²) in [6, 6.07) is 4.77. The molecule has 34 heavy (non-hydrogen) atoms. The number of aliphatic hydroxyl groups is 1. The second kappa shape index (κ2) is 10.5. The van der Waals surface area contributed by atoms with E-state index in [9.17, 15) is 29.3 Å². The molecule has 1 fully saturated rings. The van der Waals surface area contributed by atoms with Crippen LogP contribution in [0.5, 0.6) is 5.75 Å². The van der Waals surface area contributed by atoms with E-state index in [1.54, 1.807) is 6.92 Å². The van der Waals surface area contributed by atoms with Gasteiger partial charge in [0.1, 0.15) is 11.5 Å². The van der Waals surface area contributed by atoms with E-state index in [-0.39, 0.29) is 32.6 Å². The molecule has 0 spiro atoms. The van der Waals surface area contributed by atoms with Crippen molar-refractivity contribution in [2.45, 2.75) is 32.5 Å². The number of ketones is 1. The quantitative estimate of drug-likeness (QED) is 0.278. The third kappa shape index (κ3) is 4.93. The first-order chi connectivity index (χ1) is 16.2. The first-order valence-corrected chi connectivity index (χ1v) is 11.3. The van der Waals surface area contributed by atoms with Crippen LogP contribution in [0, 0.1) is 12.3 Å². The highest BCUT2D eigenvalue weighted by Gasteiger charge is 2.43. The molecule has 0 radical (unpaired) electrons. The van der Waals surface area contributed by atoms with E-state index in [4.69, 9.17) is 10.4 Å². The minimum Gasteiger partial charge on any atom is -0.536 e. The van der Waals surface area contributed by atoms with E-state index < -0.39 is 48.6 Å². The molecule has 1 saturated heterocycles. The smallest absolute Gasteiger partial charge is 0.526 e. The van der Waals surface area contributed by atoms with Crippen molar-refractivity contribution >= 4 is 30.7 Å². The first-order valence-electron chi connectivity index (χ1n) is 11.3. The van der Waals surface area contributed by atoms with Gasteiger partial charge in [0.15, 0.2) is 0 Å². The Balaban J connectivity index is 1.66. The lowest BCUT2D eigenvalue weighted by atomic mass is 9.62. The molecule has 0 bridgehead atoms. The van der Waals surface area contributed by atoms with E-state index in [1.165, 1.54) is 4.90 Å². The van der Waals surface area contributed by atoms with Crippen molar-refractivity contribution in [3.8, 4) is 5.75 Å². The predicted molar refractivity (Wildman–Crippen MR) is 123 cm³/mol. The number of aliphatic hydroxyl groups excluding tert-OH is 1. The molecule has 0 saturated carbocycles. The maximum absolute atomic E-state index is 13.2. The van der Waals surface area contributed by atoms with Gasteiger partial charge < -0.3 is 30.7 Å². The first kappa shape index (κ1) is 25.7. The standard InChI is InChI=1S/C22H31BN4O7/c1-3-26-7-8-27(20(31)19(26)30)21(32)25-12-22(11-24,13-28)17(29)10-16-9-15-6-4-5-14(2)18(15)34-23(16)33/h4-6,16,28,33H,3,7-13,24H2,1-2H3,(H,25,32)/t16-,22?/m1/s1. The molecule has 2 atom stereocenters. The molecule has 11 nitrogen and oxygen atoms in total. The minimum atomic E-state index is -1.51. The number of aryl methyl sites for hydroxylation is 1. The molecule has 4 amide bonds. The van der Waals surface area contributed by atoms with Gasteiger partial charge in [-0.2, -0.15) is 0 Å². The number of imide groups is 1. The Hall–Kier alpha value is -2.96. The third-order valence-electron chi connectivity index (χ3n) is 6.66. The number of para-hydroxylation sites is 1. The highest BCUT2D eigenvalue weighted by molar-refractivity contribution is 6.46. The van der Waals surface area contributed by atoms with Crippen LogP contribution in [0.2, 0.25) is 5.82 Å². The van der Waals surface area contributed by atoms with Gasteiger partial charge in [-0.15, -0.1) is 0 Å². The van der Waals surface area contributed by atoms with Crippen molar-refractivity contribution in [3.05, 3.63) is 29.3 Å². The zero-order valence-electron chi connectivity index (χ0n) is 19.5. The number of hydrogen-bond donors (Lipinski definition) is 4. The monoisotopic (exact) mass is 474 g/mol. The highest BCUT2D eigenvalue weighted by Crippen LogP contribution is 2.37. The van der Waals surface area contributed by atoms with Crippen molar-refractivity contribution in [2.24, 2.45) is 11.1 Å². The van der Waals surface area contributed by atoms with Crippen LogP contribution in [-0.4, -0.2) is 90.0 Å². The molecule has 1 aromatic carbocycles. The number of rotatable bonds is 8. The van der Waals surface area contributed by atoms with Gasteiger partial charge in [-0.1, -0.05) is 18.2 Å². The molecular weight excluding hydrogens is 443 g/mol. The number of nitrogens with one attached hydrogen (secondary N) is 1. The second-order valence-corrected chi connectivity index (χ2v) is 8.81. The second-order valence-electron chi connectivity index (χ2n) is 8.81. The summed E-state index contributed by atoms with van der Waals surface area (Å²) in [6.07, 6.45) is 0.273. The lowest BCUT2D eigenvalue weighted by Crippen LogP contribution is -2.60. The molecule has 3 rings (SSSR count). The molecule has 184 valence electrons. The molecule has 5 N–H and O–H groups in total. The van der Waals surface area contributed by atoms with Crippen molar-refractivity contribution in [3.63, 3.8) is 0 Å². The molecule has 2 aliphatic heterocycles. The number of nitrogens with two attached hydrogens (primary N) is 1. The van der Waals surface area contributed by atoms with Gasteiger partial charge in [0.25, 0.3) is 0 Å². The SMILES string of the molecule is CCN1CCN(C(=O)NCC(CN)(CO)C(=O)C[C@H]2Cc3cccc(C)c3OB2O)C(=O)C1=O. The Bertz CT molecular complexity index is 969. The molecule has 2 heterocycles. The number of fused-ring (bicyclic) bond motifs is 1. The largest absolute Gasteiger partial charge is 0.536 e. The summed E-state index contributed by atoms with van der Waals surface area (Å²) >= 11 is 0. The summed E-state index contributed by atoms with van der Waals surface area (Å²) in [4.78, 5) is 52.2. The van der Waals surface area contributed by atoms with Gasteiger partial charge in [-0.05, 0) is 31.4 Å². The van der Waals surface area contributed by atoms with Gasteiger partial charge in [-0.25, -0.2) is 4.79 Å². The number of urea groups is 1. The van der Waals surface area contributed by atoms with E-state index in [2.05, 4.69) is 5.32 Å². The van der Waals surface area contributed by atoms with Gasteiger partial charge >= 0.3 is 25.0 Å². The fourth-order valence-corrected chi connectivity index (χ4v) is 4.27. The number of carbonyl (C=O) groups is 4. The highest BCUT2D eigenvalue weighted by atomic mass is 16.5. The molecule has 1 aromatic rings. The predicted octanol–water partition coefficient (Wildman–Crippen LogP) is -0.922. The average Bonchev–Trinajstić information content (AvgIpc) is 2.82. The number of likely N-dealkylation sites (N-methyl/N-ethyl adjacent to an activating group) is 1. The number of amides is 4. The lowest BCUT2D eigenvalue weighted by molar-refractivity contribution is -0.153. The zero-order valence-corrected chi connectivity index (χ0v) is 19.5. The van der Waals surface area contributed by atoms with Crippen molar-refractivity contribution < 1.29 is 34.0 Å². The van der Waals surface area contributed by atoms with Gasteiger partial charge in [-0.3, -0.25) is 19.3 Å². The summed E-state index contributed by atoms with van der Waals surface area (Å²) in [6.45, 7) is 2.97. The average molecular weight is 474 g/mol. The van der Waals surface area contributed by atoms with Gasteiger partial charge in [0.05, 0.1) is 12.0 Å². The van der Waals surface area contributed by atoms with Crippen LogP contribution in [0.25, 0.3) is 0 Å². The fourth-order valence-electron chi connectivity index (χ4n) is 4.27. The van der Waals surface area contributed by atoms with Gasteiger partial charge in [0, 0.05) is 45.0 Å². The Morgan fingerprint density at radius 3 is 2.68 bits per heavy atom.